The minimum atomic E-state index is -3.25. The number of likely N-dealkylation sites (tertiary alicyclic amines) is 1. The quantitative estimate of drug-likeness (QED) is 0.613. The van der Waals surface area contributed by atoms with E-state index in [1.165, 1.54) is 17.1 Å². The average molecular weight is 443 g/mol. The van der Waals surface area contributed by atoms with Crippen molar-refractivity contribution in [1.29, 1.82) is 0 Å². The molecule has 0 aliphatic carbocycles. The molecule has 30 heavy (non-hydrogen) atoms. The lowest BCUT2D eigenvalue weighted by molar-refractivity contribution is -0.139. The highest BCUT2D eigenvalue weighted by molar-refractivity contribution is 7.89. The van der Waals surface area contributed by atoms with Crippen molar-refractivity contribution >= 4 is 21.8 Å². The van der Waals surface area contributed by atoms with Crippen LogP contribution in [0.2, 0.25) is 0 Å². The zero-order chi connectivity index (χ0) is 21.6. The van der Waals surface area contributed by atoms with Gasteiger partial charge in [0.1, 0.15) is 0 Å². The number of amides is 2. The third-order valence-corrected chi connectivity index (χ3v) is 8.63. The van der Waals surface area contributed by atoms with Crippen LogP contribution in [0.3, 0.4) is 0 Å². The minimum Gasteiger partial charge on any atom is -0.342 e. The Balaban J connectivity index is 1.46. The van der Waals surface area contributed by atoms with Crippen LogP contribution in [-0.2, 0) is 19.6 Å². The van der Waals surface area contributed by atoms with Crippen LogP contribution in [-0.4, -0.2) is 104 Å². The molecule has 0 saturated carbocycles. The lowest BCUT2D eigenvalue weighted by Gasteiger charge is -2.39. The molecule has 3 fully saturated rings. The van der Waals surface area contributed by atoms with Crippen molar-refractivity contribution in [3.63, 3.8) is 0 Å². The molecule has 172 valence electrons. The molecule has 3 aliphatic heterocycles. The van der Waals surface area contributed by atoms with E-state index in [-0.39, 0.29) is 23.5 Å². The van der Waals surface area contributed by atoms with E-state index in [1.807, 2.05) is 16.7 Å². The lowest BCUT2D eigenvalue weighted by Crippen LogP contribution is -2.54. The minimum absolute atomic E-state index is 0.0740. The summed E-state index contributed by atoms with van der Waals surface area (Å²) in [5.41, 5.74) is 0. The molecule has 0 spiro atoms. The van der Waals surface area contributed by atoms with E-state index in [0.29, 0.717) is 52.2 Å². The van der Waals surface area contributed by atoms with Gasteiger partial charge in [-0.25, -0.2) is 12.7 Å². The molecular formula is C21H38N4O4S. The number of nitrogens with zero attached hydrogens (tertiary/aromatic N) is 4. The average Bonchev–Trinajstić information content (AvgIpc) is 3.03. The van der Waals surface area contributed by atoms with Crippen LogP contribution in [0, 0.1) is 5.92 Å². The first kappa shape index (κ1) is 23.5. The van der Waals surface area contributed by atoms with Crippen LogP contribution in [0.25, 0.3) is 0 Å². The van der Waals surface area contributed by atoms with Crippen molar-refractivity contribution in [3.8, 4) is 0 Å². The largest absolute Gasteiger partial charge is 0.342 e. The highest BCUT2D eigenvalue weighted by Crippen LogP contribution is 2.22. The summed E-state index contributed by atoms with van der Waals surface area (Å²) in [6, 6.07) is 0. The zero-order valence-electron chi connectivity index (χ0n) is 18.4. The monoisotopic (exact) mass is 442 g/mol. The van der Waals surface area contributed by atoms with E-state index in [4.69, 9.17) is 0 Å². The number of hydrogen-bond donors (Lipinski definition) is 0. The predicted molar refractivity (Wildman–Crippen MR) is 116 cm³/mol. The van der Waals surface area contributed by atoms with E-state index >= 15 is 0 Å². The van der Waals surface area contributed by atoms with Gasteiger partial charge in [-0.3, -0.25) is 14.5 Å². The molecule has 8 nitrogen and oxygen atoms in total. The van der Waals surface area contributed by atoms with Gasteiger partial charge in [0, 0.05) is 52.4 Å². The van der Waals surface area contributed by atoms with Crippen LogP contribution in [0.15, 0.2) is 0 Å². The third kappa shape index (κ3) is 6.17. The standard InChI is InChI=1S/C21H38N4O4S/c1-2-16-30(28,29)25-11-7-8-19(17-25)21(27)24-14-12-22(13-15-24)18-20(26)23-9-5-3-4-6-10-23/h19H,2-18H2,1H3. The second-order valence-corrected chi connectivity index (χ2v) is 11.0. The Labute approximate surface area is 181 Å². The van der Waals surface area contributed by atoms with Gasteiger partial charge in [0.05, 0.1) is 18.2 Å². The molecule has 0 aromatic heterocycles. The number of piperazine rings is 1. The molecule has 0 radical (unpaired) electrons. The number of carbonyl (C=O) groups excluding carboxylic acids is 2. The topological polar surface area (TPSA) is 81.2 Å². The Morgan fingerprint density at radius 2 is 1.50 bits per heavy atom. The van der Waals surface area contributed by atoms with Gasteiger partial charge in [0.25, 0.3) is 0 Å². The van der Waals surface area contributed by atoms with Crippen molar-refractivity contribution in [2.75, 3.05) is 64.7 Å². The van der Waals surface area contributed by atoms with Crippen molar-refractivity contribution in [2.45, 2.75) is 51.9 Å². The van der Waals surface area contributed by atoms with Crippen molar-refractivity contribution in [3.05, 3.63) is 0 Å². The fourth-order valence-electron chi connectivity index (χ4n) is 4.78. The molecule has 1 unspecified atom stereocenters. The fourth-order valence-corrected chi connectivity index (χ4v) is 6.37. The second-order valence-electron chi connectivity index (χ2n) is 8.91. The maximum atomic E-state index is 13.0. The van der Waals surface area contributed by atoms with Crippen LogP contribution in [0.1, 0.15) is 51.9 Å². The van der Waals surface area contributed by atoms with Crippen molar-refractivity contribution in [1.82, 2.24) is 19.0 Å². The van der Waals surface area contributed by atoms with Gasteiger partial charge < -0.3 is 9.80 Å². The first-order chi connectivity index (χ1) is 14.4. The fraction of sp³-hybridized carbons (Fsp3) is 0.905. The van der Waals surface area contributed by atoms with Crippen LogP contribution in [0.5, 0.6) is 0 Å². The smallest absolute Gasteiger partial charge is 0.236 e. The summed E-state index contributed by atoms with van der Waals surface area (Å²) in [7, 11) is -3.25. The van der Waals surface area contributed by atoms with Gasteiger partial charge in [0.15, 0.2) is 0 Å². The number of sulfonamides is 1. The number of piperidine rings is 1. The molecule has 3 saturated heterocycles. The summed E-state index contributed by atoms with van der Waals surface area (Å²) < 4.78 is 26.3. The molecule has 3 rings (SSSR count). The summed E-state index contributed by atoms with van der Waals surface area (Å²) in [4.78, 5) is 31.6. The van der Waals surface area contributed by atoms with Gasteiger partial charge in [-0.1, -0.05) is 19.8 Å². The maximum absolute atomic E-state index is 13.0. The molecular weight excluding hydrogens is 404 g/mol. The van der Waals surface area contributed by atoms with Crippen LogP contribution < -0.4 is 0 Å². The first-order valence-corrected chi connectivity index (χ1v) is 13.3. The first-order valence-electron chi connectivity index (χ1n) is 11.7. The second kappa shape index (κ2) is 10.9. The molecule has 0 bridgehead atoms. The van der Waals surface area contributed by atoms with Gasteiger partial charge >= 0.3 is 0 Å². The summed E-state index contributed by atoms with van der Waals surface area (Å²) in [5.74, 6) is 0.193. The third-order valence-electron chi connectivity index (χ3n) is 6.59. The maximum Gasteiger partial charge on any atom is 0.236 e. The molecule has 0 aromatic carbocycles. The SMILES string of the molecule is CCCS(=O)(=O)N1CCCC(C(=O)N2CCN(CC(=O)N3CCCCCC3)CC2)C1. The van der Waals surface area contributed by atoms with Gasteiger partial charge in [-0.05, 0) is 32.1 Å². The predicted octanol–water partition coefficient (Wildman–Crippen LogP) is 0.985. The Bertz CT molecular complexity index is 683. The molecule has 3 heterocycles. The molecule has 2 amide bonds. The van der Waals surface area contributed by atoms with E-state index in [1.54, 1.807) is 0 Å². The Hall–Kier alpha value is -1.19. The molecule has 3 aliphatic rings. The molecule has 1 atom stereocenters. The number of hydrogen-bond acceptors (Lipinski definition) is 5. The van der Waals surface area contributed by atoms with Gasteiger partial charge in [-0.2, -0.15) is 0 Å². The van der Waals surface area contributed by atoms with E-state index in [9.17, 15) is 18.0 Å². The Morgan fingerprint density at radius 3 is 2.13 bits per heavy atom. The molecule has 0 N–H and O–H groups in total. The highest BCUT2D eigenvalue weighted by atomic mass is 32.2. The van der Waals surface area contributed by atoms with Crippen LogP contribution >= 0.6 is 0 Å². The number of carbonyl (C=O) groups is 2. The van der Waals surface area contributed by atoms with E-state index < -0.39 is 10.0 Å². The lowest BCUT2D eigenvalue weighted by atomic mass is 9.98. The summed E-state index contributed by atoms with van der Waals surface area (Å²) in [6.07, 6.45) is 6.70. The van der Waals surface area contributed by atoms with E-state index in [0.717, 1.165) is 38.8 Å². The Kier molecular flexibility index (Phi) is 8.53. The van der Waals surface area contributed by atoms with Crippen LogP contribution in [0.4, 0.5) is 0 Å². The summed E-state index contributed by atoms with van der Waals surface area (Å²) in [5, 5.41) is 0. The zero-order valence-corrected chi connectivity index (χ0v) is 19.2. The van der Waals surface area contributed by atoms with Crippen molar-refractivity contribution < 1.29 is 18.0 Å². The normalized spacial score (nSPS) is 25.2. The van der Waals surface area contributed by atoms with Gasteiger partial charge in [0.2, 0.25) is 21.8 Å². The van der Waals surface area contributed by atoms with Gasteiger partial charge in [-0.15, -0.1) is 0 Å². The van der Waals surface area contributed by atoms with E-state index in [2.05, 4.69) is 4.90 Å². The Morgan fingerprint density at radius 1 is 0.833 bits per heavy atom. The van der Waals surface area contributed by atoms with Crippen molar-refractivity contribution in [2.24, 2.45) is 5.92 Å². The molecule has 9 heteroatoms. The highest BCUT2D eigenvalue weighted by Gasteiger charge is 2.35. The summed E-state index contributed by atoms with van der Waals surface area (Å²) in [6.45, 7) is 7.52. The summed E-state index contributed by atoms with van der Waals surface area (Å²) >= 11 is 0. The number of rotatable bonds is 6. The molecule has 0 aromatic rings.